The van der Waals surface area contributed by atoms with Crippen LogP contribution in [0.2, 0.25) is 0 Å². The van der Waals surface area contributed by atoms with Crippen LogP contribution in [0.1, 0.15) is 24.0 Å². The third-order valence-corrected chi connectivity index (χ3v) is 3.49. The minimum absolute atomic E-state index is 0.135. The first-order valence-electron chi connectivity index (χ1n) is 8.08. The third kappa shape index (κ3) is 6.10. The van der Waals surface area contributed by atoms with Crippen LogP contribution >= 0.6 is 0 Å². The number of benzene rings is 2. The molecule has 0 atom stereocenters. The minimum atomic E-state index is -0.270. The molecule has 0 aliphatic rings. The molecule has 128 valence electrons. The number of hydrogen-bond donors (Lipinski definition) is 2. The zero-order chi connectivity index (χ0) is 17.0. The van der Waals surface area contributed by atoms with Crippen molar-refractivity contribution < 1.29 is 14.2 Å². The average molecular weight is 330 g/mol. The van der Waals surface area contributed by atoms with Crippen molar-refractivity contribution >= 4 is 11.9 Å². The lowest BCUT2D eigenvalue weighted by atomic mass is 10.1. The van der Waals surface area contributed by atoms with Crippen molar-refractivity contribution in [2.75, 3.05) is 18.6 Å². The molecule has 4 nitrogen and oxygen atoms in total. The molecule has 0 saturated carbocycles. The Morgan fingerprint density at radius 1 is 1.12 bits per heavy atom. The number of ether oxygens (including phenoxy) is 1. The van der Waals surface area contributed by atoms with Crippen LogP contribution in [-0.4, -0.2) is 24.5 Å². The number of hydrazone groups is 1. The molecule has 2 aromatic carbocycles. The van der Waals surface area contributed by atoms with Gasteiger partial charge in [0.1, 0.15) is 5.82 Å². The van der Waals surface area contributed by atoms with Gasteiger partial charge in [0.2, 0.25) is 0 Å². The lowest BCUT2D eigenvalue weighted by Crippen LogP contribution is -2.04. The van der Waals surface area contributed by atoms with Crippen LogP contribution in [0.15, 0.2) is 53.6 Å². The number of aliphatic hydroxyl groups excluding tert-OH is 1. The van der Waals surface area contributed by atoms with Gasteiger partial charge in [-0.1, -0.05) is 36.4 Å². The summed E-state index contributed by atoms with van der Waals surface area (Å²) in [5.74, 6) is -0.270. The molecule has 0 aliphatic heterocycles. The number of hydrogen-bond acceptors (Lipinski definition) is 4. The highest BCUT2D eigenvalue weighted by Crippen LogP contribution is 2.20. The largest absolute Gasteiger partial charge is 0.396 e. The van der Waals surface area contributed by atoms with Gasteiger partial charge in [-0.3, -0.25) is 5.43 Å². The van der Waals surface area contributed by atoms with Crippen molar-refractivity contribution in [1.29, 1.82) is 0 Å². The molecule has 24 heavy (non-hydrogen) atoms. The van der Waals surface area contributed by atoms with Gasteiger partial charge in [-0.15, -0.1) is 0 Å². The smallest absolute Gasteiger partial charge is 0.128 e. The highest BCUT2D eigenvalue weighted by molar-refractivity contribution is 5.60. The molecule has 2 rings (SSSR count). The number of nitrogens with one attached hydrogen (secondary N) is 1. The van der Waals surface area contributed by atoms with E-state index in [-0.39, 0.29) is 12.4 Å². The SMILES string of the molecule is OCCC/C=N\Nc1cccc(F)c1CCOCc1ccccc1. The van der Waals surface area contributed by atoms with Crippen molar-refractivity contribution in [3.63, 3.8) is 0 Å². The third-order valence-electron chi connectivity index (χ3n) is 3.49. The summed E-state index contributed by atoms with van der Waals surface area (Å²) >= 11 is 0. The van der Waals surface area contributed by atoms with Crippen molar-refractivity contribution in [1.82, 2.24) is 0 Å². The van der Waals surface area contributed by atoms with E-state index < -0.39 is 0 Å². The van der Waals surface area contributed by atoms with Crippen molar-refractivity contribution in [2.24, 2.45) is 5.10 Å². The molecule has 5 heteroatoms. The fourth-order valence-corrected chi connectivity index (χ4v) is 2.22. The highest BCUT2D eigenvalue weighted by atomic mass is 19.1. The fraction of sp³-hybridized carbons (Fsp3) is 0.316. The number of nitrogens with zero attached hydrogens (tertiary/aromatic N) is 1. The molecular formula is C19H23FN2O2. The summed E-state index contributed by atoms with van der Waals surface area (Å²) in [7, 11) is 0. The van der Waals surface area contributed by atoms with Crippen molar-refractivity contribution in [3.8, 4) is 0 Å². The maximum atomic E-state index is 14.0. The van der Waals surface area contributed by atoms with Gasteiger partial charge in [0, 0.05) is 24.8 Å². The number of unbranched alkanes of at least 4 members (excludes halogenated alkanes) is 1. The summed E-state index contributed by atoms with van der Waals surface area (Å²) in [6.45, 7) is 1.08. The van der Waals surface area contributed by atoms with Gasteiger partial charge in [-0.05, 0) is 30.5 Å². The van der Waals surface area contributed by atoms with Crippen LogP contribution < -0.4 is 5.43 Å². The molecule has 0 aromatic heterocycles. The molecule has 0 unspecified atom stereocenters. The minimum Gasteiger partial charge on any atom is -0.396 e. The Balaban J connectivity index is 1.85. The molecule has 0 fully saturated rings. The van der Waals surface area contributed by atoms with Gasteiger partial charge < -0.3 is 9.84 Å². The number of halogens is 1. The van der Waals surface area contributed by atoms with E-state index in [0.717, 1.165) is 5.56 Å². The quantitative estimate of drug-likeness (QED) is 0.396. The molecule has 2 N–H and O–H groups in total. The first kappa shape index (κ1) is 18.1. The topological polar surface area (TPSA) is 53.9 Å². The summed E-state index contributed by atoms with van der Waals surface area (Å²) in [6.07, 6.45) is 3.48. The fourth-order valence-electron chi connectivity index (χ4n) is 2.22. The Morgan fingerprint density at radius 2 is 1.96 bits per heavy atom. The van der Waals surface area contributed by atoms with E-state index in [2.05, 4.69) is 10.5 Å². The highest BCUT2D eigenvalue weighted by Gasteiger charge is 2.08. The van der Waals surface area contributed by atoms with Crippen LogP contribution in [0.25, 0.3) is 0 Å². The van der Waals surface area contributed by atoms with Gasteiger partial charge in [-0.2, -0.15) is 5.10 Å². The predicted octanol–water partition coefficient (Wildman–Crippen LogP) is 3.76. The molecular weight excluding hydrogens is 307 g/mol. The molecule has 0 aliphatic carbocycles. The van der Waals surface area contributed by atoms with Gasteiger partial charge in [0.05, 0.1) is 18.9 Å². The second kappa shape index (κ2) is 10.5. The van der Waals surface area contributed by atoms with Gasteiger partial charge in [0.25, 0.3) is 0 Å². The summed E-state index contributed by atoms with van der Waals surface area (Å²) < 4.78 is 19.7. The predicted molar refractivity (Wildman–Crippen MR) is 94.6 cm³/mol. The molecule has 0 radical (unpaired) electrons. The standard InChI is InChI=1S/C19H23FN2O2/c20-18-9-6-10-19(22-21-12-4-5-13-23)17(18)11-14-24-15-16-7-2-1-3-8-16/h1-3,6-10,12,22-23H,4-5,11,13-15H2/b21-12-. The molecule has 0 spiro atoms. The molecule has 0 heterocycles. The van der Waals surface area contributed by atoms with Crippen molar-refractivity contribution in [3.05, 3.63) is 65.5 Å². The van der Waals surface area contributed by atoms with Gasteiger partial charge in [-0.25, -0.2) is 4.39 Å². The van der Waals surface area contributed by atoms with E-state index in [1.54, 1.807) is 18.3 Å². The second-order valence-corrected chi connectivity index (χ2v) is 5.34. The van der Waals surface area contributed by atoms with Crippen LogP contribution in [0.5, 0.6) is 0 Å². The summed E-state index contributed by atoms with van der Waals surface area (Å²) in [5.41, 5.74) is 5.16. The number of aliphatic hydroxyl groups is 1. The van der Waals surface area contributed by atoms with E-state index in [1.807, 2.05) is 30.3 Å². The zero-order valence-corrected chi connectivity index (χ0v) is 13.6. The first-order chi connectivity index (χ1) is 11.8. The van der Waals surface area contributed by atoms with E-state index >= 15 is 0 Å². The average Bonchev–Trinajstić information content (AvgIpc) is 2.61. The summed E-state index contributed by atoms with van der Waals surface area (Å²) in [6, 6.07) is 14.8. The van der Waals surface area contributed by atoms with E-state index in [4.69, 9.17) is 9.84 Å². The van der Waals surface area contributed by atoms with Crippen LogP contribution in [0.4, 0.5) is 10.1 Å². The summed E-state index contributed by atoms with van der Waals surface area (Å²) in [5, 5.41) is 12.8. The van der Waals surface area contributed by atoms with Gasteiger partial charge in [0.15, 0.2) is 0 Å². The van der Waals surface area contributed by atoms with E-state index in [0.29, 0.717) is 43.7 Å². The molecule has 2 aromatic rings. The van der Waals surface area contributed by atoms with Gasteiger partial charge >= 0.3 is 0 Å². The Bertz CT molecular complexity index is 633. The molecule has 0 bridgehead atoms. The second-order valence-electron chi connectivity index (χ2n) is 5.34. The Labute approximate surface area is 142 Å². The lowest BCUT2D eigenvalue weighted by Gasteiger charge is -2.10. The van der Waals surface area contributed by atoms with Crippen molar-refractivity contribution in [2.45, 2.75) is 25.9 Å². The first-order valence-corrected chi connectivity index (χ1v) is 8.08. The number of rotatable bonds is 10. The Morgan fingerprint density at radius 3 is 2.75 bits per heavy atom. The van der Waals surface area contributed by atoms with Crippen LogP contribution in [0, 0.1) is 5.82 Å². The summed E-state index contributed by atoms with van der Waals surface area (Å²) in [4.78, 5) is 0. The lowest BCUT2D eigenvalue weighted by molar-refractivity contribution is 0.123. The Kier molecular flexibility index (Phi) is 7.93. The van der Waals surface area contributed by atoms with Crippen LogP contribution in [-0.2, 0) is 17.8 Å². The molecule has 0 saturated heterocycles. The Hall–Kier alpha value is -2.24. The van der Waals surface area contributed by atoms with E-state index in [9.17, 15) is 4.39 Å². The maximum absolute atomic E-state index is 14.0. The normalized spacial score (nSPS) is 11.1. The van der Waals surface area contributed by atoms with E-state index in [1.165, 1.54) is 6.07 Å². The van der Waals surface area contributed by atoms with Crippen LogP contribution in [0.3, 0.4) is 0 Å². The number of anilines is 1. The zero-order valence-electron chi connectivity index (χ0n) is 13.6. The monoisotopic (exact) mass is 330 g/mol. The maximum Gasteiger partial charge on any atom is 0.128 e. The molecule has 0 amide bonds.